The van der Waals surface area contributed by atoms with E-state index in [2.05, 4.69) is 23.2 Å². The molecule has 1 aromatic heterocycles. The van der Waals surface area contributed by atoms with E-state index in [9.17, 15) is 0 Å². The number of furan rings is 1. The monoisotopic (exact) mass is 222 g/mol. The lowest BCUT2D eigenvalue weighted by atomic mass is 10.2. The number of rotatable bonds is 7. The van der Waals surface area contributed by atoms with Crippen molar-refractivity contribution < 1.29 is 4.42 Å². The van der Waals surface area contributed by atoms with Crippen molar-refractivity contribution in [2.75, 3.05) is 13.6 Å². The summed E-state index contributed by atoms with van der Waals surface area (Å²) in [6.07, 6.45) is 5.67. The van der Waals surface area contributed by atoms with E-state index in [4.69, 9.17) is 4.42 Å². The van der Waals surface area contributed by atoms with Crippen LogP contribution in [-0.2, 0) is 6.54 Å². The Bertz CT molecular complexity index is 293. The predicted octanol–water partition coefficient (Wildman–Crippen LogP) is 2.24. The molecule has 1 unspecified atom stereocenters. The normalized spacial score (nSPS) is 17.9. The fourth-order valence-electron chi connectivity index (χ4n) is 2.15. The SMILES string of the molecule is CNCCC(C)N(Cc1ccco1)C1CC1. The summed E-state index contributed by atoms with van der Waals surface area (Å²) in [6, 6.07) is 5.46. The van der Waals surface area contributed by atoms with Crippen molar-refractivity contribution in [2.45, 2.75) is 44.8 Å². The summed E-state index contributed by atoms with van der Waals surface area (Å²) in [5, 5.41) is 3.22. The molecule has 90 valence electrons. The van der Waals surface area contributed by atoms with Gasteiger partial charge in [0, 0.05) is 12.1 Å². The second-order valence-corrected chi connectivity index (χ2v) is 4.72. The smallest absolute Gasteiger partial charge is 0.117 e. The average molecular weight is 222 g/mol. The maximum absolute atomic E-state index is 5.44. The fraction of sp³-hybridized carbons (Fsp3) is 0.692. The molecule has 1 saturated carbocycles. The lowest BCUT2D eigenvalue weighted by Gasteiger charge is -2.28. The molecular formula is C13H22N2O. The lowest BCUT2D eigenvalue weighted by Crippen LogP contribution is -2.36. The highest BCUT2D eigenvalue weighted by atomic mass is 16.3. The van der Waals surface area contributed by atoms with Crippen molar-refractivity contribution >= 4 is 0 Å². The average Bonchev–Trinajstić information content (AvgIpc) is 3.00. The molecule has 0 radical (unpaired) electrons. The topological polar surface area (TPSA) is 28.4 Å². The van der Waals surface area contributed by atoms with E-state index < -0.39 is 0 Å². The largest absolute Gasteiger partial charge is 0.468 e. The Balaban J connectivity index is 1.89. The summed E-state index contributed by atoms with van der Waals surface area (Å²) in [6.45, 7) is 4.36. The van der Waals surface area contributed by atoms with Crippen LogP contribution in [-0.4, -0.2) is 30.6 Å². The number of nitrogens with one attached hydrogen (secondary N) is 1. The van der Waals surface area contributed by atoms with Crippen molar-refractivity contribution in [1.82, 2.24) is 10.2 Å². The van der Waals surface area contributed by atoms with Crippen LogP contribution in [0.15, 0.2) is 22.8 Å². The van der Waals surface area contributed by atoms with Gasteiger partial charge in [-0.3, -0.25) is 4.90 Å². The first-order chi connectivity index (χ1) is 7.81. The van der Waals surface area contributed by atoms with Crippen LogP contribution in [0.25, 0.3) is 0 Å². The molecule has 2 rings (SSSR count). The number of nitrogens with zero attached hydrogens (tertiary/aromatic N) is 1. The Kier molecular flexibility index (Phi) is 4.02. The molecule has 1 atom stereocenters. The van der Waals surface area contributed by atoms with Crippen molar-refractivity contribution in [1.29, 1.82) is 0 Å². The van der Waals surface area contributed by atoms with E-state index in [0.29, 0.717) is 6.04 Å². The van der Waals surface area contributed by atoms with Gasteiger partial charge >= 0.3 is 0 Å². The summed E-state index contributed by atoms with van der Waals surface area (Å²) in [5.74, 6) is 1.09. The molecule has 3 nitrogen and oxygen atoms in total. The van der Waals surface area contributed by atoms with Gasteiger partial charge in [-0.05, 0) is 51.9 Å². The van der Waals surface area contributed by atoms with E-state index in [1.165, 1.54) is 19.3 Å². The first-order valence-corrected chi connectivity index (χ1v) is 6.24. The van der Waals surface area contributed by atoms with Crippen LogP contribution in [0, 0.1) is 0 Å². The molecule has 0 aliphatic heterocycles. The van der Waals surface area contributed by atoms with Crippen LogP contribution in [0.3, 0.4) is 0 Å². The Morgan fingerprint density at radius 1 is 1.56 bits per heavy atom. The van der Waals surface area contributed by atoms with Gasteiger partial charge in [0.25, 0.3) is 0 Å². The Morgan fingerprint density at radius 3 is 2.94 bits per heavy atom. The molecule has 1 aliphatic carbocycles. The number of hydrogen-bond donors (Lipinski definition) is 1. The number of hydrogen-bond acceptors (Lipinski definition) is 3. The molecule has 1 N–H and O–H groups in total. The molecule has 0 saturated heterocycles. The molecule has 1 heterocycles. The van der Waals surface area contributed by atoms with Gasteiger partial charge in [0.1, 0.15) is 5.76 Å². The molecule has 1 aromatic rings. The first-order valence-electron chi connectivity index (χ1n) is 6.24. The molecule has 16 heavy (non-hydrogen) atoms. The summed E-state index contributed by atoms with van der Waals surface area (Å²) in [4.78, 5) is 2.58. The van der Waals surface area contributed by atoms with Gasteiger partial charge in [-0.2, -0.15) is 0 Å². The maximum atomic E-state index is 5.44. The van der Waals surface area contributed by atoms with E-state index >= 15 is 0 Å². The summed E-state index contributed by atoms with van der Waals surface area (Å²) >= 11 is 0. The first kappa shape index (κ1) is 11.7. The zero-order valence-electron chi connectivity index (χ0n) is 10.3. The Labute approximate surface area is 97.8 Å². The fourth-order valence-corrected chi connectivity index (χ4v) is 2.15. The summed E-state index contributed by atoms with van der Waals surface area (Å²) in [7, 11) is 2.01. The molecule has 0 spiro atoms. The standard InChI is InChI=1S/C13H22N2O/c1-11(7-8-14-2)15(12-5-6-12)10-13-4-3-9-16-13/h3-4,9,11-12,14H,5-8,10H2,1-2H3. The zero-order chi connectivity index (χ0) is 11.4. The quantitative estimate of drug-likeness (QED) is 0.767. The molecule has 1 fully saturated rings. The van der Waals surface area contributed by atoms with Crippen LogP contribution in [0.1, 0.15) is 31.9 Å². The minimum atomic E-state index is 0.630. The lowest BCUT2D eigenvalue weighted by molar-refractivity contribution is 0.167. The van der Waals surface area contributed by atoms with Crippen LogP contribution < -0.4 is 5.32 Å². The van der Waals surface area contributed by atoms with E-state index in [-0.39, 0.29) is 0 Å². The van der Waals surface area contributed by atoms with Crippen molar-refractivity contribution in [2.24, 2.45) is 0 Å². The maximum Gasteiger partial charge on any atom is 0.117 e. The minimum absolute atomic E-state index is 0.630. The van der Waals surface area contributed by atoms with Gasteiger partial charge in [0.15, 0.2) is 0 Å². The molecule has 1 aliphatic rings. The van der Waals surface area contributed by atoms with Crippen molar-refractivity contribution in [3.8, 4) is 0 Å². The van der Waals surface area contributed by atoms with E-state index in [1.54, 1.807) is 6.26 Å². The predicted molar refractivity (Wildman–Crippen MR) is 65.3 cm³/mol. The van der Waals surface area contributed by atoms with Crippen molar-refractivity contribution in [3.63, 3.8) is 0 Å². The van der Waals surface area contributed by atoms with Gasteiger partial charge in [-0.25, -0.2) is 0 Å². The molecule has 0 bridgehead atoms. The van der Waals surface area contributed by atoms with Crippen LogP contribution in [0.4, 0.5) is 0 Å². The molecule has 3 heteroatoms. The van der Waals surface area contributed by atoms with E-state index in [1.807, 2.05) is 13.1 Å². The molecule has 0 aromatic carbocycles. The van der Waals surface area contributed by atoms with Crippen LogP contribution >= 0.6 is 0 Å². The third kappa shape index (κ3) is 3.09. The summed E-state index contributed by atoms with van der Waals surface area (Å²) < 4.78 is 5.44. The molecular weight excluding hydrogens is 200 g/mol. The van der Waals surface area contributed by atoms with E-state index in [0.717, 1.165) is 24.9 Å². The Hall–Kier alpha value is -0.800. The van der Waals surface area contributed by atoms with Crippen molar-refractivity contribution in [3.05, 3.63) is 24.2 Å². The van der Waals surface area contributed by atoms with Gasteiger partial charge in [-0.15, -0.1) is 0 Å². The summed E-state index contributed by atoms with van der Waals surface area (Å²) in [5.41, 5.74) is 0. The highest BCUT2D eigenvalue weighted by molar-refractivity contribution is 5.00. The van der Waals surface area contributed by atoms with Gasteiger partial charge in [-0.1, -0.05) is 0 Å². The second-order valence-electron chi connectivity index (χ2n) is 4.72. The van der Waals surface area contributed by atoms with Crippen LogP contribution in [0.5, 0.6) is 0 Å². The highest BCUT2D eigenvalue weighted by Gasteiger charge is 2.32. The Morgan fingerprint density at radius 2 is 2.38 bits per heavy atom. The van der Waals surface area contributed by atoms with Gasteiger partial charge in [0.05, 0.1) is 12.8 Å². The minimum Gasteiger partial charge on any atom is -0.468 e. The van der Waals surface area contributed by atoms with Gasteiger partial charge < -0.3 is 9.73 Å². The third-order valence-electron chi connectivity index (χ3n) is 3.31. The molecule has 0 amide bonds. The van der Waals surface area contributed by atoms with Gasteiger partial charge in [0.2, 0.25) is 0 Å². The highest BCUT2D eigenvalue weighted by Crippen LogP contribution is 2.30. The second kappa shape index (κ2) is 5.51. The van der Waals surface area contributed by atoms with Crippen LogP contribution in [0.2, 0.25) is 0 Å². The third-order valence-corrected chi connectivity index (χ3v) is 3.31. The zero-order valence-corrected chi connectivity index (χ0v) is 10.3.